The van der Waals surface area contributed by atoms with Gasteiger partial charge in [-0.1, -0.05) is 45.0 Å². The molecule has 0 saturated carbocycles. The van der Waals surface area contributed by atoms with Gasteiger partial charge in [-0.3, -0.25) is 19.3 Å². The average Bonchev–Trinajstić information content (AvgIpc) is 2.65. The summed E-state index contributed by atoms with van der Waals surface area (Å²) in [6.07, 6.45) is 0.568. The summed E-state index contributed by atoms with van der Waals surface area (Å²) in [6.45, 7) is 12.2. The van der Waals surface area contributed by atoms with E-state index < -0.39 is 50.1 Å². The highest BCUT2D eigenvalue weighted by atomic mass is 28.4. The van der Waals surface area contributed by atoms with Gasteiger partial charge in [-0.15, -0.1) is 0 Å². The maximum absolute atomic E-state index is 13.3. The number of amides is 2. The summed E-state index contributed by atoms with van der Waals surface area (Å²) in [7, 11) is -2.22. The number of aryl methyl sites for hydroxylation is 1. The van der Waals surface area contributed by atoms with E-state index in [1.807, 2.05) is 12.1 Å². The first kappa shape index (κ1) is 23.3. The second-order valence-electron chi connectivity index (χ2n) is 10.1. The van der Waals surface area contributed by atoms with Crippen molar-refractivity contribution < 1.29 is 28.7 Å². The lowest BCUT2D eigenvalue weighted by molar-refractivity contribution is -0.180. The van der Waals surface area contributed by atoms with Gasteiger partial charge in [0, 0.05) is 11.5 Å². The smallest absolute Gasteiger partial charge is 0.395 e. The van der Waals surface area contributed by atoms with Gasteiger partial charge in [0.05, 0.1) is 18.1 Å². The molecule has 2 aliphatic rings. The molecule has 1 saturated heterocycles. The van der Waals surface area contributed by atoms with E-state index in [9.17, 15) is 24.3 Å². The predicted molar refractivity (Wildman–Crippen MR) is 117 cm³/mol. The molecule has 0 aromatic heterocycles. The fraction of sp³-hybridized carbons (Fsp3) is 0.565. The molecular formula is C23H31NO6Si. The molecule has 1 aromatic carbocycles. The Morgan fingerprint density at radius 2 is 1.81 bits per heavy atom. The number of hydrogen-bond acceptors (Lipinski definition) is 5. The lowest BCUT2D eigenvalue weighted by Crippen LogP contribution is -2.71. The van der Waals surface area contributed by atoms with Crippen molar-refractivity contribution in [2.45, 2.75) is 70.8 Å². The number of nitrogens with zero attached hydrogens (tertiary/aromatic N) is 1. The lowest BCUT2D eigenvalue weighted by atomic mass is 9.69. The van der Waals surface area contributed by atoms with Crippen molar-refractivity contribution in [2.24, 2.45) is 11.8 Å². The third kappa shape index (κ3) is 3.98. The summed E-state index contributed by atoms with van der Waals surface area (Å²) >= 11 is 0. The molecular weight excluding hydrogens is 414 g/mol. The van der Waals surface area contributed by atoms with Gasteiger partial charge in [-0.25, -0.2) is 4.79 Å². The van der Waals surface area contributed by atoms with E-state index in [2.05, 4.69) is 33.9 Å². The van der Waals surface area contributed by atoms with Crippen LogP contribution in [-0.2, 0) is 25.2 Å². The Bertz CT molecular complexity index is 934. The van der Waals surface area contributed by atoms with E-state index >= 15 is 0 Å². The maximum Gasteiger partial charge on any atom is 0.395 e. The molecule has 1 N–H and O–H groups in total. The number of imide groups is 1. The summed E-state index contributed by atoms with van der Waals surface area (Å²) in [6, 6.07) is 6.49. The van der Waals surface area contributed by atoms with E-state index in [1.54, 1.807) is 19.1 Å². The summed E-state index contributed by atoms with van der Waals surface area (Å²) < 4.78 is 6.41. The van der Waals surface area contributed by atoms with E-state index in [4.69, 9.17) is 4.43 Å². The van der Waals surface area contributed by atoms with Gasteiger partial charge in [0.2, 0.25) is 5.91 Å². The van der Waals surface area contributed by atoms with E-state index in [0.717, 1.165) is 10.5 Å². The molecule has 2 amide bonds. The number of likely N-dealkylation sites (tertiary alicyclic amines) is 1. The minimum Gasteiger partial charge on any atom is -0.474 e. The highest BCUT2D eigenvalue weighted by Gasteiger charge is 2.60. The Hall–Kier alpha value is -2.32. The Morgan fingerprint density at radius 1 is 1.19 bits per heavy atom. The largest absolute Gasteiger partial charge is 0.474 e. The number of carboxylic acids is 1. The minimum atomic E-state index is -2.22. The van der Waals surface area contributed by atoms with Gasteiger partial charge in [0.15, 0.2) is 14.1 Å². The number of aliphatic carboxylic acids is 1. The first-order valence-electron chi connectivity index (χ1n) is 10.7. The molecule has 8 heteroatoms. The van der Waals surface area contributed by atoms with Crippen molar-refractivity contribution in [3.05, 3.63) is 35.4 Å². The number of benzene rings is 1. The molecule has 0 bridgehead atoms. The molecule has 1 aliphatic carbocycles. The fourth-order valence-electron chi connectivity index (χ4n) is 4.44. The molecule has 1 fully saturated rings. The molecule has 1 heterocycles. The van der Waals surface area contributed by atoms with Gasteiger partial charge in [0.1, 0.15) is 0 Å². The Kier molecular flexibility index (Phi) is 6.01. The van der Waals surface area contributed by atoms with Gasteiger partial charge in [0.25, 0.3) is 0 Å². The number of Topliss-reactive ketones (excluding diaryl/α,β-unsaturated/α-hetero) is 1. The SMILES string of the molecule is C[C@@H](O[Si](C)(C)C(C)(C)C)[C@H]1C(=O)N(C(=O)C(=O)O)[C@@H]1[C@@H]1CCc2ccccc2C1=O. The summed E-state index contributed by atoms with van der Waals surface area (Å²) in [5, 5.41) is 9.16. The quantitative estimate of drug-likeness (QED) is 0.434. The van der Waals surface area contributed by atoms with Crippen LogP contribution in [0.1, 0.15) is 50.0 Å². The van der Waals surface area contributed by atoms with Crippen LogP contribution in [0.25, 0.3) is 0 Å². The molecule has 1 aliphatic heterocycles. The number of carboxylic acid groups (broad SMARTS) is 1. The van der Waals surface area contributed by atoms with Gasteiger partial charge < -0.3 is 9.53 Å². The average molecular weight is 446 g/mol. The number of rotatable bonds is 4. The van der Waals surface area contributed by atoms with Crippen molar-refractivity contribution in [3.63, 3.8) is 0 Å². The van der Waals surface area contributed by atoms with Crippen molar-refractivity contribution in [1.29, 1.82) is 0 Å². The Morgan fingerprint density at radius 3 is 2.39 bits per heavy atom. The van der Waals surface area contributed by atoms with Gasteiger partial charge >= 0.3 is 11.9 Å². The van der Waals surface area contributed by atoms with Crippen LogP contribution >= 0.6 is 0 Å². The second-order valence-corrected chi connectivity index (χ2v) is 14.8. The molecule has 31 heavy (non-hydrogen) atoms. The Balaban J connectivity index is 1.94. The molecule has 0 unspecified atom stereocenters. The number of carbonyl (C=O) groups excluding carboxylic acids is 3. The molecule has 7 nitrogen and oxygen atoms in total. The first-order chi connectivity index (χ1) is 14.3. The van der Waals surface area contributed by atoms with Crippen molar-refractivity contribution in [1.82, 2.24) is 4.90 Å². The van der Waals surface area contributed by atoms with Crippen LogP contribution in [0.15, 0.2) is 24.3 Å². The zero-order valence-electron chi connectivity index (χ0n) is 19.0. The van der Waals surface area contributed by atoms with Gasteiger partial charge in [-0.2, -0.15) is 0 Å². The van der Waals surface area contributed by atoms with Crippen molar-refractivity contribution >= 4 is 31.9 Å². The summed E-state index contributed by atoms with van der Waals surface area (Å²) in [4.78, 5) is 50.7. The summed E-state index contributed by atoms with van der Waals surface area (Å²) in [5.41, 5.74) is 1.52. The number of hydrogen-bond donors (Lipinski definition) is 1. The lowest BCUT2D eigenvalue weighted by Gasteiger charge is -2.52. The topological polar surface area (TPSA) is 101 Å². The molecule has 1 aromatic rings. The summed E-state index contributed by atoms with van der Waals surface area (Å²) in [5.74, 6) is -5.05. The number of fused-ring (bicyclic) bond motifs is 1. The van der Waals surface area contributed by atoms with Crippen LogP contribution < -0.4 is 0 Å². The third-order valence-corrected chi connectivity index (χ3v) is 11.7. The molecule has 0 radical (unpaired) electrons. The zero-order chi connectivity index (χ0) is 23.3. The number of ketones is 1. The number of carbonyl (C=O) groups is 4. The zero-order valence-corrected chi connectivity index (χ0v) is 20.0. The molecule has 168 valence electrons. The van der Waals surface area contributed by atoms with Crippen LogP contribution in [0, 0.1) is 11.8 Å². The molecule has 4 atom stereocenters. The monoisotopic (exact) mass is 445 g/mol. The third-order valence-electron chi connectivity index (χ3n) is 7.14. The Labute approximate surface area is 183 Å². The highest BCUT2D eigenvalue weighted by Crippen LogP contribution is 2.44. The predicted octanol–water partition coefficient (Wildman–Crippen LogP) is 3.28. The standard InChI is InChI=1S/C23H31NO6Si/c1-13(30-31(5,6)23(2,3)4)17-18(24(20(17)26)21(27)22(28)29)16-12-11-14-9-7-8-10-15(14)19(16)25/h7-10,13,16-18H,11-12H2,1-6H3,(H,28,29)/t13-,16+,17-,18-/m1/s1. The van der Waals surface area contributed by atoms with Crippen LogP contribution in [0.5, 0.6) is 0 Å². The highest BCUT2D eigenvalue weighted by molar-refractivity contribution is 6.74. The fourth-order valence-corrected chi connectivity index (χ4v) is 5.87. The van der Waals surface area contributed by atoms with Crippen molar-refractivity contribution in [3.8, 4) is 0 Å². The van der Waals surface area contributed by atoms with E-state index in [1.165, 1.54) is 0 Å². The van der Waals surface area contributed by atoms with Crippen LogP contribution in [0.4, 0.5) is 0 Å². The van der Waals surface area contributed by atoms with Crippen LogP contribution in [0.2, 0.25) is 18.1 Å². The molecule has 0 spiro atoms. The second kappa shape index (κ2) is 7.98. The van der Waals surface area contributed by atoms with E-state index in [-0.39, 0.29) is 10.8 Å². The number of β-lactam (4-membered cyclic amide) rings is 1. The van der Waals surface area contributed by atoms with Crippen LogP contribution in [-0.4, -0.2) is 54.0 Å². The normalized spacial score (nSPS) is 25.0. The molecule has 3 rings (SSSR count). The van der Waals surface area contributed by atoms with Gasteiger partial charge in [-0.05, 0) is 43.5 Å². The van der Waals surface area contributed by atoms with Crippen molar-refractivity contribution in [2.75, 3.05) is 0 Å². The van der Waals surface area contributed by atoms with Crippen LogP contribution in [0.3, 0.4) is 0 Å². The maximum atomic E-state index is 13.3. The van der Waals surface area contributed by atoms with E-state index in [0.29, 0.717) is 18.4 Å². The first-order valence-corrected chi connectivity index (χ1v) is 13.6. The minimum absolute atomic E-state index is 0.0836.